The smallest absolute Gasteiger partial charge is 0.225 e. The Morgan fingerprint density at radius 3 is 2.73 bits per heavy atom. The van der Waals surface area contributed by atoms with Crippen molar-refractivity contribution in [1.82, 2.24) is 10.2 Å². The molecule has 0 spiro atoms. The molecule has 15 heavy (non-hydrogen) atoms. The van der Waals surface area contributed by atoms with E-state index >= 15 is 0 Å². The number of amides is 1. The lowest BCUT2D eigenvalue weighted by Gasteiger charge is -2.24. The van der Waals surface area contributed by atoms with Gasteiger partial charge in [0, 0.05) is 25.6 Å². The van der Waals surface area contributed by atoms with Crippen molar-refractivity contribution in [3.8, 4) is 0 Å². The fourth-order valence-corrected chi connectivity index (χ4v) is 2.48. The molecule has 1 N–H and O–H groups in total. The zero-order valence-electron chi connectivity index (χ0n) is 9.83. The Kier molecular flexibility index (Phi) is 3.29. The molecule has 2 atom stereocenters. The maximum atomic E-state index is 12.0. The number of nitrogens with one attached hydrogen (secondary N) is 1. The first-order chi connectivity index (χ1) is 7.18. The van der Waals surface area contributed by atoms with Gasteiger partial charge >= 0.3 is 0 Å². The summed E-state index contributed by atoms with van der Waals surface area (Å²) in [4.78, 5) is 13.9. The van der Waals surface area contributed by atoms with Gasteiger partial charge in [-0.05, 0) is 38.1 Å². The van der Waals surface area contributed by atoms with E-state index in [4.69, 9.17) is 0 Å². The molecule has 1 heterocycles. The van der Waals surface area contributed by atoms with Crippen LogP contribution in [-0.2, 0) is 4.79 Å². The second-order valence-corrected chi connectivity index (χ2v) is 5.14. The molecule has 1 amide bonds. The largest absolute Gasteiger partial charge is 0.344 e. The van der Waals surface area contributed by atoms with Crippen LogP contribution in [0.25, 0.3) is 0 Å². The van der Waals surface area contributed by atoms with E-state index in [1.807, 2.05) is 11.9 Å². The Morgan fingerprint density at radius 2 is 2.20 bits per heavy atom. The highest BCUT2D eigenvalue weighted by Crippen LogP contribution is 2.37. The summed E-state index contributed by atoms with van der Waals surface area (Å²) in [7, 11) is 1.95. The highest BCUT2D eigenvalue weighted by molar-refractivity contribution is 5.78. The molecular formula is C12H22N2O. The van der Waals surface area contributed by atoms with Crippen LogP contribution in [0.2, 0.25) is 0 Å². The van der Waals surface area contributed by atoms with Crippen LogP contribution in [0.3, 0.4) is 0 Å². The minimum Gasteiger partial charge on any atom is -0.344 e. The summed E-state index contributed by atoms with van der Waals surface area (Å²) in [6, 6.07) is 0.533. The van der Waals surface area contributed by atoms with Gasteiger partial charge in [0.1, 0.15) is 0 Å². The van der Waals surface area contributed by atoms with Crippen LogP contribution in [0.5, 0.6) is 0 Å². The zero-order chi connectivity index (χ0) is 10.8. The summed E-state index contributed by atoms with van der Waals surface area (Å²) >= 11 is 0. The Balaban J connectivity index is 1.78. The molecule has 86 valence electrons. The predicted octanol–water partition coefficient (Wildman–Crippen LogP) is 1.24. The van der Waals surface area contributed by atoms with E-state index in [1.54, 1.807) is 0 Å². The number of hydrogen-bond donors (Lipinski definition) is 1. The molecule has 0 aromatic rings. The summed E-state index contributed by atoms with van der Waals surface area (Å²) in [5, 5.41) is 3.43. The predicted molar refractivity (Wildman–Crippen MR) is 60.5 cm³/mol. The number of rotatable bonds is 4. The van der Waals surface area contributed by atoms with Crippen LogP contribution in [-0.4, -0.2) is 37.0 Å². The van der Waals surface area contributed by atoms with Crippen LogP contribution in [0, 0.1) is 11.8 Å². The van der Waals surface area contributed by atoms with Crippen LogP contribution in [0.4, 0.5) is 0 Å². The van der Waals surface area contributed by atoms with Gasteiger partial charge in [0.15, 0.2) is 0 Å². The van der Waals surface area contributed by atoms with Gasteiger partial charge in [-0.1, -0.05) is 6.92 Å². The van der Waals surface area contributed by atoms with Gasteiger partial charge in [0.25, 0.3) is 0 Å². The molecule has 1 aliphatic carbocycles. The average Bonchev–Trinajstić information content (AvgIpc) is 2.96. The molecule has 0 aromatic carbocycles. The van der Waals surface area contributed by atoms with Crippen molar-refractivity contribution in [3.63, 3.8) is 0 Å². The number of likely N-dealkylation sites (N-methyl/N-ethyl adjacent to an activating group) is 1. The lowest BCUT2D eigenvalue weighted by Crippen LogP contribution is -2.41. The van der Waals surface area contributed by atoms with E-state index in [-0.39, 0.29) is 5.92 Å². The number of nitrogens with zero attached hydrogens (tertiary/aromatic N) is 1. The van der Waals surface area contributed by atoms with E-state index in [2.05, 4.69) is 12.2 Å². The number of carbonyl (C=O) groups is 1. The lowest BCUT2D eigenvalue weighted by atomic mass is 10.0. The molecule has 0 aromatic heterocycles. The minimum absolute atomic E-state index is 0.247. The molecule has 2 aliphatic rings. The van der Waals surface area contributed by atoms with Crippen molar-refractivity contribution in [2.75, 3.05) is 20.1 Å². The summed E-state index contributed by atoms with van der Waals surface area (Å²) in [6.07, 6.45) is 4.98. The van der Waals surface area contributed by atoms with Crippen molar-refractivity contribution in [1.29, 1.82) is 0 Å². The summed E-state index contributed by atoms with van der Waals surface area (Å²) in [5.41, 5.74) is 0. The van der Waals surface area contributed by atoms with E-state index in [9.17, 15) is 4.79 Å². The zero-order valence-corrected chi connectivity index (χ0v) is 9.83. The van der Waals surface area contributed by atoms with Crippen molar-refractivity contribution in [2.24, 2.45) is 11.8 Å². The summed E-state index contributed by atoms with van der Waals surface area (Å²) in [5.74, 6) is 1.26. The third kappa shape index (κ3) is 2.71. The first-order valence-electron chi connectivity index (χ1n) is 6.17. The Morgan fingerprint density at radius 1 is 1.47 bits per heavy atom. The number of carbonyl (C=O) groups excluding carboxylic acids is 1. The third-order valence-electron chi connectivity index (χ3n) is 3.75. The highest BCUT2D eigenvalue weighted by Gasteiger charge is 2.34. The van der Waals surface area contributed by atoms with E-state index in [1.165, 1.54) is 25.7 Å². The Labute approximate surface area is 92.2 Å². The van der Waals surface area contributed by atoms with Gasteiger partial charge in [-0.25, -0.2) is 0 Å². The topological polar surface area (TPSA) is 32.3 Å². The molecule has 2 unspecified atom stereocenters. The first-order valence-corrected chi connectivity index (χ1v) is 6.17. The van der Waals surface area contributed by atoms with Crippen LogP contribution < -0.4 is 5.32 Å². The summed E-state index contributed by atoms with van der Waals surface area (Å²) < 4.78 is 0. The van der Waals surface area contributed by atoms with Gasteiger partial charge in [-0.2, -0.15) is 0 Å². The normalized spacial score (nSPS) is 27.7. The molecule has 0 bridgehead atoms. The molecule has 2 fully saturated rings. The fourth-order valence-electron chi connectivity index (χ4n) is 2.48. The van der Waals surface area contributed by atoms with Gasteiger partial charge in [0.05, 0.1) is 0 Å². The van der Waals surface area contributed by atoms with E-state index in [0.29, 0.717) is 17.9 Å². The molecule has 1 saturated heterocycles. The summed E-state index contributed by atoms with van der Waals surface area (Å²) in [6.45, 7) is 4.08. The van der Waals surface area contributed by atoms with Crippen molar-refractivity contribution < 1.29 is 4.79 Å². The number of hydrogen-bond acceptors (Lipinski definition) is 2. The fraction of sp³-hybridized carbons (Fsp3) is 0.917. The van der Waals surface area contributed by atoms with Crippen LogP contribution >= 0.6 is 0 Å². The van der Waals surface area contributed by atoms with Crippen molar-refractivity contribution in [2.45, 2.75) is 38.6 Å². The molecule has 1 aliphatic heterocycles. The van der Waals surface area contributed by atoms with Gasteiger partial charge in [-0.15, -0.1) is 0 Å². The molecule has 3 heteroatoms. The van der Waals surface area contributed by atoms with Crippen LogP contribution in [0.1, 0.15) is 32.6 Å². The van der Waals surface area contributed by atoms with Crippen molar-refractivity contribution in [3.05, 3.63) is 0 Å². The molecule has 0 radical (unpaired) electrons. The molecule has 3 nitrogen and oxygen atoms in total. The Bertz CT molecular complexity index is 232. The minimum atomic E-state index is 0.247. The Hall–Kier alpha value is -0.570. The first kappa shape index (κ1) is 10.9. The van der Waals surface area contributed by atoms with E-state index in [0.717, 1.165) is 13.1 Å². The second-order valence-electron chi connectivity index (χ2n) is 5.14. The third-order valence-corrected chi connectivity index (χ3v) is 3.75. The monoisotopic (exact) mass is 210 g/mol. The van der Waals surface area contributed by atoms with Gasteiger partial charge in [0.2, 0.25) is 5.91 Å². The van der Waals surface area contributed by atoms with Gasteiger partial charge in [-0.3, -0.25) is 4.79 Å². The van der Waals surface area contributed by atoms with Gasteiger partial charge < -0.3 is 10.2 Å². The maximum Gasteiger partial charge on any atom is 0.225 e. The van der Waals surface area contributed by atoms with E-state index < -0.39 is 0 Å². The second kappa shape index (κ2) is 4.52. The maximum absolute atomic E-state index is 12.0. The molecule has 1 saturated carbocycles. The average molecular weight is 210 g/mol. The quantitative estimate of drug-likeness (QED) is 0.757. The van der Waals surface area contributed by atoms with Crippen LogP contribution in [0.15, 0.2) is 0 Å². The lowest BCUT2D eigenvalue weighted by molar-refractivity contribution is -0.134. The standard InChI is InChI=1S/C12H22N2O/c1-9(10-5-6-10)12(15)14(2)8-11-4-3-7-13-11/h9-11,13H,3-8H2,1-2H3. The SMILES string of the molecule is CC(C(=O)N(C)CC1CCCN1)C1CC1. The molecule has 2 rings (SSSR count). The highest BCUT2D eigenvalue weighted by atomic mass is 16.2. The molecular weight excluding hydrogens is 188 g/mol. The van der Waals surface area contributed by atoms with Crippen molar-refractivity contribution >= 4 is 5.91 Å².